The molecule has 0 spiro atoms. The van der Waals surface area contributed by atoms with E-state index in [1.54, 1.807) is 12.1 Å². The molecule has 0 unspecified atom stereocenters. The highest BCUT2D eigenvalue weighted by molar-refractivity contribution is 9.11. The molecule has 38 heavy (non-hydrogen) atoms. The van der Waals surface area contributed by atoms with Crippen LogP contribution in [0.4, 0.5) is 23.7 Å². The molecular weight excluding hydrogens is 653 g/mol. The van der Waals surface area contributed by atoms with E-state index in [-0.39, 0.29) is 10.6 Å². The van der Waals surface area contributed by atoms with Crippen LogP contribution in [-0.4, -0.2) is 28.5 Å². The third-order valence-electron chi connectivity index (χ3n) is 5.19. The van der Waals surface area contributed by atoms with Crippen LogP contribution < -0.4 is 10.1 Å². The molecule has 3 aromatic carbocycles. The summed E-state index contributed by atoms with van der Waals surface area (Å²) in [6, 6.07) is 17.1. The van der Waals surface area contributed by atoms with Crippen molar-refractivity contribution in [2.45, 2.75) is 12.8 Å². The molecule has 3 aromatic rings. The van der Waals surface area contributed by atoms with Crippen molar-refractivity contribution >= 4 is 72.4 Å². The lowest BCUT2D eigenvalue weighted by Crippen LogP contribution is -2.36. The number of nitrogens with zero attached hydrogens (tertiary/aromatic N) is 1. The zero-order chi connectivity index (χ0) is 27.4. The summed E-state index contributed by atoms with van der Waals surface area (Å²) in [6.45, 7) is -0.295. The molecule has 1 fully saturated rings. The summed E-state index contributed by atoms with van der Waals surface area (Å²) in [5, 5.41) is 1.63. The van der Waals surface area contributed by atoms with Crippen LogP contribution in [0.25, 0.3) is 6.08 Å². The van der Waals surface area contributed by atoms with E-state index in [4.69, 9.17) is 4.74 Å². The topological polar surface area (TPSA) is 75.7 Å². The minimum absolute atomic E-state index is 0.0959. The smallest absolute Gasteiger partial charge is 0.416 e. The molecule has 1 saturated heterocycles. The Morgan fingerprint density at radius 2 is 1.68 bits per heavy atom. The van der Waals surface area contributed by atoms with Gasteiger partial charge >= 0.3 is 6.18 Å². The van der Waals surface area contributed by atoms with Crippen LogP contribution in [-0.2, 0) is 22.4 Å². The van der Waals surface area contributed by atoms with Gasteiger partial charge in [0.15, 0.2) is 0 Å². The second-order valence-electron chi connectivity index (χ2n) is 7.98. The third kappa shape index (κ3) is 6.86. The van der Waals surface area contributed by atoms with Gasteiger partial charge in [0.2, 0.25) is 5.91 Å². The van der Waals surface area contributed by atoms with E-state index < -0.39 is 35.3 Å². The lowest BCUT2D eigenvalue weighted by molar-refractivity contribution is -0.137. The first-order valence-corrected chi connectivity index (χ1v) is 13.3. The summed E-state index contributed by atoms with van der Waals surface area (Å²) in [5.74, 6) is -0.931. The molecular formula is C26H17Br2F3N2O4S. The van der Waals surface area contributed by atoms with Crippen LogP contribution in [0.1, 0.15) is 16.7 Å². The molecule has 1 N–H and O–H groups in total. The van der Waals surface area contributed by atoms with Crippen molar-refractivity contribution in [3.8, 4) is 5.75 Å². The summed E-state index contributed by atoms with van der Waals surface area (Å²) in [6.07, 6.45) is -3.07. The minimum Gasteiger partial charge on any atom is -0.487 e. The van der Waals surface area contributed by atoms with Crippen molar-refractivity contribution < 1.29 is 32.3 Å². The van der Waals surface area contributed by atoms with Gasteiger partial charge in [0.25, 0.3) is 11.1 Å². The van der Waals surface area contributed by atoms with Crippen molar-refractivity contribution in [3.05, 3.63) is 97.3 Å². The predicted octanol–water partition coefficient (Wildman–Crippen LogP) is 7.48. The highest BCUT2D eigenvalue weighted by Crippen LogP contribution is 2.38. The number of alkyl halides is 3. The molecule has 3 amide bonds. The third-order valence-corrected chi connectivity index (χ3v) is 7.28. The van der Waals surface area contributed by atoms with E-state index in [0.29, 0.717) is 38.6 Å². The second kappa shape index (κ2) is 11.7. The lowest BCUT2D eigenvalue weighted by Gasteiger charge is -2.13. The molecule has 1 aliphatic heterocycles. The number of benzene rings is 3. The Bertz CT molecular complexity index is 1410. The number of imide groups is 1. The number of carbonyl (C=O) groups excluding carboxylic acids is 3. The SMILES string of the molecule is O=C(CN1C(=O)S/C(=C\c2cc(Br)c(OCc3ccccc3)c(Br)c2)C1=O)Nc1cccc(C(F)(F)F)c1. The molecule has 0 radical (unpaired) electrons. The molecule has 12 heteroatoms. The Kier molecular flexibility index (Phi) is 8.64. The van der Waals surface area contributed by atoms with Crippen LogP contribution in [0.2, 0.25) is 0 Å². The van der Waals surface area contributed by atoms with E-state index in [9.17, 15) is 27.6 Å². The predicted molar refractivity (Wildman–Crippen MR) is 145 cm³/mol. The Morgan fingerprint density at radius 1 is 1.00 bits per heavy atom. The fraction of sp³-hybridized carbons (Fsp3) is 0.115. The molecule has 0 aliphatic carbocycles. The molecule has 0 bridgehead atoms. The Hall–Kier alpha value is -3.09. The number of anilines is 1. The van der Waals surface area contributed by atoms with Crippen LogP contribution in [0.5, 0.6) is 5.75 Å². The van der Waals surface area contributed by atoms with Crippen LogP contribution >= 0.6 is 43.6 Å². The van der Waals surface area contributed by atoms with E-state index in [2.05, 4.69) is 37.2 Å². The molecule has 4 rings (SSSR count). The zero-order valence-electron chi connectivity index (χ0n) is 19.2. The molecule has 6 nitrogen and oxygen atoms in total. The standard InChI is InChI=1S/C26H17Br2F3N2O4S/c27-19-9-16(10-20(28)23(19)37-14-15-5-2-1-3-6-15)11-21-24(35)33(25(36)38-21)13-22(34)32-18-8-4-7-17(12-18)26(29,30)31/h1-12H,13-14H2,(H,32,34)/b21-11-. The van der Waals surface area contributed by atoms with Crippen molar-refractivity contribution in [1.29, 1.82) is 0 Å². The zero-order valence-corrected chi connectivity index (χ0v) is 23.2. The number of thioether (sulfide) groups is 1. The molecule has 196 valence electrons. The van der Waals surface area contributed by atoms with Crippen molar-refractivity contribution in [3.63, 3.8) is 0 Å². The number of carbonyl (C=O) groups is 3. The maximum Gasteiger partial charge on any atom is 0.416 e. The highest BCUT2D eigenvalue weighted by Gasteiger charge is 2.36. The van der Waals surface area contributed by atoms with Crippen LogP contribution in [0, 0.1) is 0 Å². The van der Waals surface area contributed by atoms with Gasteiger partial charge in [0, 0.05) is 5.69 Å². The number of hydrogen-bond acceptors (Lipinski definition) is 5. The van der Waals surface area contributed by atoms with Crippen LogP contribution in [0.15, 0.2) is 80.6 Å². The lowest BCUT2D eigenvalue weighted by atomic mass is 10.2. The first-order chi connectivity index (χ1) is 18.0. The summed E-state index contributed by atoms with van der Waals surface area (Å²) >= 11 is 7.59. The minimum atomic E-state index is -4.58. The van der Waals surface area contributed by atoms with Gasteiger partial charge in [-0.1, -0.05) is 36.4 Å². The summed E-state index contributed by atoms with van der Waals surface area (Å²) in [5.41, 5.74) is 0.547. The number of halogens is 5. The van der Waals surface area contributed by atoms with Gasteiger partial charge in [0.05, 0.1) is 19.4 Å². The quantitative estimate of drug-likeness (QED) is 0.264. The van der Waals surface area contributed by atoms with E-state index >= 15 is 0 Å². The Balaban J connectivity index is 1.43. The van der Waals surface area contributed by atoms with Gasteiger partial charge in [-0.05, 0) is 91.2 Å². The summed E-state index contributed by atoms with van der Waals surface area (Å²) < 4.78 is 45.9. The van der Waals surface area contributed by atoms with Crippen LogP contribution in [0.3, 0.4) is 0 Å². The number of nitrogens with one attached hydrogen (secondary N) is 1. The maximum atomic E-state index is 12.9. The molecule has 1 aliphatic rings. The monoisotopic (exact) mass is 668 g/mol. The fourth-order valence-corrected chi connectivity index (χ4v) is 5.72. The average Bonchev–Trinajstić information content (AvgIpc) is 3.11. The molecule has 0 atom stereocenters. The van der Waals surface area contributed by atoms with E-state index in [1.807, 2.05) is 30.3 Å². The normalized spacial score (nSPS) is 14.8. The fourth-order valence-electron chi connectivity index (χ4n) is 3.44. The summed E-state index contributed by atoms with van der Waals surface area (Å²) in [4.78, 5) is 38.5. The second-order valence-corrected chi connectivity index (χ2v) is 10.7. The average molecular weight is 670 g/mol. The van der Waals surface area contributed by atoms with Crippen molar-refractivity contribution in [2.75, 3.05) is 11.9 Å². The Morgan fingerprint density at radius 3 is 2.34 bits per heavy atom. The largest absolute Gasteiger partial charge is 0.487 e. The molecule has 1 heterocycles. The number of rotatable bonds is 7. The van der Waals surface area contributed by atoms with Gasteiger partial charge in [-0.3, -0.25) is 19.3 Å². The summed E-state index contributed by atoms with van der Waals surface area (Å²) in [7, 11) is 0. The first-order valence-electron chi connectivity index (χ1n) is 10.9. The Labute approximate surface area is 236 Å². The molecule has 0 aromatic heterocycles. The van der Waals surface area contributed by atoms with E-state index in [1.165, 1.54) is 12.1 Å². The van der Waals surface area contributed by atoms with Gasteiger partial charge in [0.1, 0.15) is 18.9 Å². The van der Waals surface area contributed by atoms with Crippen molar-refractivity contribution in [1.82, 2.24) is 4.90 Å². The first kappa shape index (κ1) is 27.9. The number of ether oxygens (including phenoxy) is 1. The van der Waals surface area contributed by atoms with Gasteiger partial charge < -0.3 is 10.1 Å². The number of amides is 3. The van der Waals surface area contributed by atoms with Gasteiger partial charge in [-0.15, -0.1) is 0 Å². The van der Waals surface area contributed by atoms with Gasteiger partial charge in [-0.25, -0.2) is 0 Å². The maximum absolute atomic E-state index is 12.9. The molecule has 0 saturated carbocycles. The van der Waals surface area contributed by atoms with E-state index in [0.717, 1.165) is 28.7 Å². The van der Waals surface area contributed by atoms with Gasteiger partial charge in [-0.2, -0.15) is 13.2 Å². The number of hydrogen-bond donors (Lipinski definition) is 1. The van der Waals surface area contributed by atoms with Crippen molar-refractivity contribution in [2.24, 2.45) is 0 Å². The highest BCUT2D eigenvalue weighted by atomic mass is 79.9.